The molecule has 132 valence electrons. The van der Waals surface area contributed by atoms with Crippen molar-refractivity contribution >= 4 is 5.91 Å². The zero-order valence-corrected chi connectivity index (χ0v) is 13.8. The number of benzene rings is 1. The number of aromatic amines is 1. The van der Waals surface area contributed by atoms with Crippen molar-refractivity contribution in [3.05, 3.63) is 56.9 Å². The minimum atomic E-state index is -0.605. The molecule has 8 heteroatoms. The van der Waals surface area contributed by atoms with Crippen LogP contribution in [0.15, 0.2) is 40.1 Å². The number of nitrogens with one attached hydrogen (secondary N) is 2. The van der Waals surface area contributed by atoms with Gasteiger partial charge in [0.15, 0.2) is 0 Å². The van der Waals surface area contributed by atoms with Gasteiger partial charge in [0.2, 0.25) is 5.91 Å². The summed E-state index contributed by atoms with van der Waals surface area (Å²) < 4.78 is 12.1. The molecule has 0 aliphatic carbocycles. The maximum absolute atomic E-state index is 12.0. The van der Waals surface area contributed by atoms with E-state index in [0.717, 1.165) is 28.1 Å². The number of nitrogens with zero attached hydrogens (tertiary/aromatic N) is 1. The van der Waals surface area contributed by atoms with Crippen molar-refractivity contribution in [3.63, 3.8) is 0 Å². The zero-order chi connectivity index (χ0) is 17.8. The molecule has 1 aliphatic heterocycles. The van der Waals surface area contributed by atoms with Gasteiger partial charge < -0.3 is 14.8 Å². The van der Waals surface area contributed by atoms with Gasteiger partial charge in [-0.3, -0.25) is 19.1 Å². The predicted octanol–water partition coefficient (Wildman–Crippen LogP) is -0.0873. The minimum absolute atomic E-state index is 0.142. The molecule has 2 heterocycles. The average molecular weight is 345 g/mol. The van der Waals surface area contributed by atoms with Crippen molar-refractivity contribution < 1.29 is 14.3 Å². The fraction of sp³-hybridized carbons (Fsp3) is 0.353. The van der Waals surface area contributed by atoms with E-state index in [4.69, 9.17) is 9.47 Å². The summed E-state index contributed by atoms with van der Waals surface area (Å²) in [5, 5.41) is 2.80. The van der Waals surface area contributed by atoms with Crippen LogP contribution in [-0.4, -0.2) is 35.7 Å². The van der Waals surface area contributed by atoms with Crippen molar-refractivity contribution in [2.24, 2.45) is 5.92 Å². The van der Waals surface area contributed by atoms with Gasteiger partial charge in [-0.15, -0.1) is 0 Å². The second-order valence-electron chi connectivity index (χ2n) is 5.90. The van der Waals surface area contributed by atoms with Crippen LogP contribution in [0.5, 0.6) is 11.5 Å². The molecule has 0 saturated heterocycles. The summed E-state index contributed by atoms with van der Waals surface area (Å²) >= 11 is 0. The average Bonchev–Trinajstić information content (AvgIpc) is 2.61. The quantitative estimate of drug-likeness (QED) is 0.789. The van der Waals surface area contributed by atoms with Crippen LogP contribution in [-0.2, 0) is 17.8 Å². The monoisotopic (exact) mass is 345 g/mol. The summed E-state index contributed by atoms with van der Waals surface area (Å²) in [6, 6.07) is 6.90. The topological polar surface area (TPSA) is 102 Å². The Morgan fingerprint density at radius 2 is 2.24 bits per heavy atom. The van der Waals surface area contributed by atoms with Gasteiger partial charge in [0.1, 0.15) is 18.0 Å². The number of carbonyl (C=O) groups excluding carboxylic acids is 1. The summed E-state index contributed by atoms with van der Waals surface area (Å²) in [4.78, 5) is 36.7. The lowest BCUT2D eigenvalue weighted by Crippen LogP contribution is -2.39. The van der Waals surface area contributed by atoms with Crippen molar-refractivity contribution in [2.75, 3.05) is 20.3 Å². The van der Waals surface area contributed by atoms with E-state index in [1.165, 1.54) is 12.3 Å². The minimum Gasteiger partial charge on any atom is -0.497 e. The van der Waals surface area contributed by atoms with E-state index in [1.54, 1.807) is 7.11 Å². The fourth-order valence-electron chi connectivity index (χ4n) is 2.71. The van der Waals surface area contributed by atoms with Crippen LogP contribution in [0.2, 0.25) is 0 Å². The van der Waals surface area contributed by atoms with E-state index in [2.05, 4.69) is 10.3 Å². The molecular weight excluding hydrogens is 326 g/mol. The number of amides is 1. The van der Waals surface area contributed by atoms with E-state index < -0.39 is 11.2 Å². The number of H-pyrrole nitrogens is 1. The Morgan fingerprint density at radius 1 is 1.40 bits per heavy atom. The van der Waals surface area contributed by atoms with Crippen LogP contribution in [0.1, 0.15) is 5.56 Å². The highest BCUT2D eigenvalue weighted by Crippen LogP contribution is 2.30. The third-order valence-electron chi connectivity index (χ3n) is 4.06. The van der Waals surface area contributed by atoms with Crippen molar-refractivity contribution in [2.45, 2.75) is 13.0 Å². The second kappa shape index (κ2) is 7.25. The van der Waals surface area contributed by atoms with Crippen molar-refractivity contribution in [3.8, 4) is 11.5 Å². The lowest BCUT2D eigenvalue weighted by molar-refractivity contribution is -0.122. The number of ether oxygens (including phenoxy) is 2. The number of carbonyl (C=O) groups is 1. The normalized spacial score (nSPS) is 15.8. The first-order chi connectivity index (χ1) is 12.0. The van der Waals surface area contributed by atoms with Crippen LogP contribution in [0.25, 0.3) is 0 Å². The Morgan fingerprint density at radius 3 is 3.00 bits per heavy atom. The molecule has 1 aromatic carbocycles. The highest BCUT2D eigenvalue weighted by Gasteiger charge is 2.21. The molecule has 25 heavy (non-hydrogen) atoms. The standard InChI is InChI=1S/C17H19N3O5/c1-24-13-3-2-12-6-11(10-25-14(12)7-13)8-18-16(22)9-20-5-4-15(21)19-17(20)23/h2-5,7,11H,6,8-10H2,1H3,(H,18,22)(H,19,21,23)/t11-/m0/s1. The maximum atomic E-state index is 12.0. The molecule has 8 nitrogen and oxygen atoms in total. The molecule has 2 N–H and O–H groups in total. The van der Waals surface area contributed by atoms with Crippen LogP contribution in [0.4, 0.5) is 0 Å². The molecule has 0 bridgehead atoms. The molecule has 0 spiro atoms. The van der Waals surface area contributed by atoms with Crippen LogP contribution < -0.4 is 26.0 Å². The summed E-state index contributed by atoms with van der Waals surface area (Å²) in [7, 11) is 1.61. The smallest absolute Gasteiger partial charge is 0.328 e. The van der Waals surface area contributed by atoms with Gasteiger partial charge in [0.05, 0.1) is 13.7 Å². The fourth-order valence-corrected chi connectivity index (χ4v) is 2.71. The number of hydrogen-bond donors (Lipinski definition) is 2. The second-order valence-corrected chi connectivity index (χ2v) is 5.90. The third-order valence-corrected chi connectivity index (χ3v) is 4.06. The molecule has 1 aliphatic rings. The Labute approximate surface area is 143 Å². The largest absolute Gasteiger partial charge is 0.497 e. The molecule has 0 fully saturated rings. The van der Waals surface area contributed by atoms with E-state index in [0.29, 0.717) is 13.2 Å². The van der Waals surface area contributed by atoms with Gasteiger partial charge in [0, 0.05) is 30.8 Å². The number of methoxy groups -OCH3 is 1. The van der Waals surface area contributed by atoms with E-state index in [-0.39, 0.29) is 18.4 Å². The molecule has 1 aromatic heterocycles. The first-order valence-electron chi connectivity index (χ1n) is 7.91. The van der Waals surface area contributed by atoms with Gasteiger partial charge in [-0.2, -0.15) is 0 Å². The Kier molecular flexibility index (Phi) is 4.87. The maximum Gasteiger partial charge on any atom is 0.328 e. The molecule has 0 radical (unpaired) electrons. The zero-order valence-electron chi connectivity index (χ0n) is 13.8. The molecule has 0 unspecified atom stereocenters. The van der Waals surface area contributed by atoms with Gasteiger partial charge in [-0.05, 0) is 18.1 Å². The highest BCUT2D eigenvalue weighted by molar-refractivity contribution is 5.75. The summed E-state index contributed by atoms with van der Waals surface area (Å²) in [6.45, 7) is 0.804. The Hall–Kier alpha value is -3.03. The number of fused-ring (bicyclic) bond motifs is 1. The van der Waals surface area contributed by atoms with E-state index in [9.17, 15) is 14.4 Å². The van der Waals surface area contributed by atoms with Gasteiger partial charge in [0.25, 0.3) is 5.56 Å². The van der Waals surface area contributed by atoms with Gasteiger partial charge in [-0.25, -0.2) is 4.79 Å². The van der Waals surface area contributed by atoms with E-state index in [1.807, 2.05) is 18.2 Å². The number of aromatic nitrogens is 2. The Balaban J connectivity index is 1.54. The predicted molar refractivity (Wildman–Crippen MR) is 90.0 cm³/mol. The van der Waals surface area contributed by atoms with Crippen LogP contribution >= 0.6 is 0 Å². The lowest BCUT2D eigenvalue weighted by atomic mass is 9.96. The van der Waals surface area contributed by atoms with Crippen LogP contribution in [0.3, 0.4) is 0 Å². The highest BCUT2D eigenvalue weighted by atomic mass is 16.5. The summed E-state index contributed by atoms with van der Waals surface area (Å²) in [5.74, 6) is 1.41. The first-order valence-corrected chi connectivity index (χ1v) is 7.91. The molecule has 3 rings (SSSR count). The summed E-state index contributed by atoms with van der Waals surface area (Å²) in [5.41, 5.74) is -0.0222. The van der Waals surface area contributed by atoms with Crippen molar-refractivity contribution in [1.82, 2.24) is 14.9 Å². The lowest BCUT2D eigenvalue weighted by Gasteiger charge is -2.25. The summed E-state index contributed by atoms with van der Waals surface area (Å²) in [6.07, 6.45) is 2.09. The van der Waals surface area contributed by atoms with Crippen molar-refractivity contribution in [1.29, 1.82) is 0 Å². The van der Waals surface area contributed by atoms with Gasteiger partial charge >= 0.3 is 5.69 Å². The molecule has 1 atom stereocenters. The number of rotatable bonds is 5. The molecule has 2 aromatic rings. The third kappa shape index (κ3) is 4.09. The molecule has 1 amide bonds. The molecular formula is C17H19N3O5. The molecule has 0 saturated carbocycles. The Bertz CT molecular complexity index is 886. The SMILES string of the molecule is COc1ccc2c(c1)OC[C@H](CNC(=O)Cn1ccc(=O)[nH]c1=O)C2. The first kappa shape index (κ1) is 16.8. The number of hydrogen-bond acceptors (Lipinski definition) is 5. The van der Waals surface area contributed by atoms with Crippen LogP contribution in [0, 0.1) is 5.92 Å². The van der Waals surface area contributed by atoms with Gasteiger partial charge in [-0.1, -0.05) is 6.07 Å². The van der Waals surface area contributed by atoms with E-state index >= 15 is 0 Å².